The maximum atomic E-state index is 3.27. The highest BCUT2D eigenvalue weighted by Crippen LogP contribution is 2.22. The van der Waals surface area contributed by atoms with Crippen LogP contribution in [0.15, 0.2) is 24.3 Å². The van der Waals surface area contributed by atoms with E-state index in [2.05, 4.69) is 41.4 Å². The second-order valence-electron chi connectivity index (χ2n) is 4.65. The molecule has 0 radical (unpaired) electrons. The Balaban J connectivity index is 2.06. The first-order chi connectivity index (χ1) is 7.81. The van der Waals surface area contributed by atoms with Crippen molar-refractivity contribution in [1.29, 1.82) is 0 Å². The van der Waals surface area contributed by atoms with Crippen molar-refractivity contribution in [1.82, 2.24) is 5.32 Å². The number of benzene rings is 1. The number of anilines is 1. The molecule has 1 aliphatic rings. The van der Waals surface area contributed by atoms with Gasteiger partial charge < -0.3 is 10.2 Å². The van der Waals surface area contributed by atoms with E-state index in [9.17, 15) is 0 Å². The van der Waals surface area contributed by atoms with Gasteiger partial charge in [-0.2, -0.15) is 0 Å². The molecule has 1 aliphatic heterocycles. The number of hydrogen-bond acceptors (Lipinski definition) is 2. The largest absolute Gasteiger partial charge is 0.372 e. The van der Waals surface area contributed by atoms with Crippen molar-refractivity contribution in [2.24, 2.45) is 0 Å². The highest BCUT2D eigenvalue weighted by Gasteiger charge is 2.11. The summed E-state index contributed by atoms with van der Waals surface area (Å²) in [6.45, 7) is 4.64. The fourth-order valence-corrected chi connectivity index (χ4v) is 2.29. The highest BCUT2D eigenvalue weighted by molar-refractivity contribution is 5.48. The molecule has 1 atom stereocenters. The van der Waals surface area contributed by atoms with Gasteiger partial charge in [0.1, 0.15) is 0 Å². The molecule has 1 aromatic carbocycles. The van der Waals surface area contributed by atoms with Gasteiger partial charge in [-0.25, -0.2) is 0 Å². The summed E-state index contributed by atoms with van der Waals surface area (Å²) in [4.78, 5) is 2.50. The minimum Gasteiger partial charge on any atom is -0.372 e. The van der Waals surface area contributed by atoms with E-state index in [1.807, 2.05) is 7.05 Å². The Hall–Kier alpha value is -1.02. The molecule has 1 saturated heterocycles. The van der Waals surface area contributed by atoms with Gasteiger partial charge in [-0.1, -0.05) is 12.1 Å². The van der Waals surface area contributed by atoms with Gasteiger partial charge in [-0.3, -0.25) is 0 Å². The molecule has 1 fully saturated rings. The molecule has 1 unspecified atom stereocenters. The normalized spacial score (nSPS) is 18.5. The van der Waals surface area contributed by atoms with Crippen LogP contribution in [-0.2, 0) is 0 Å². The van der Waals surface area contributed by atoms with Crippen molar-refractivity contribution in [3.05, 3.63) is 29.8 Å². The zero-order chi connectivity index (χ0) is 11.4. The molecular formula is C14H22N2. The quantitative estimate of drug-likeness (QED) is 0.839. The highest BCUT2D eigenvalue weighted by atomic mass is 15.1. The number of nitrogens with zero attached hydrogens (tertiary/aromatic N) is 1. The third-order valence-corrected chi connectivity index (χ3v) is 3.55. The maximum Gasteiger partial charge on any atom is 0.0366 e. The van der Waals surface area contributed by atoms with Crippen LogP contribution in [0.3, 0.4) is 0 Å². The number of rotatable bonds is 3. The first-order valence-electron chi connectivity index (χ1n) is 6.33. The van der Waals surface area contributed by atoms with E-state index in [1.165, 1.54) is 43.6 Å². The van der Waals surface area contributed by atoms with Crippen molar-refractivity contribution in [3.63, 3.8) is 0 Å². The van der Waals surface area contributed by atoms with Crippen LogP contribution in [0.4, 0.5) is 5.69 Å². The van der Waals surface area contributed by atoms with Gasteiger partial charge in [-0.05, 0) is 50.9 Å². The third kappa shape index (κ3) is 2.56. The average Bonchev–Trinajstić information content (AvgIpc) is 2.39. The van der Waals surface area contributed by atoms with E-state index < -0.39 is 0 Å². The van der Waals surface area contributed by atoms with Crippen molar-refractivity contribution < 1.29 is 0 Å². The summed E-state index contributed by atoms with van der Waals surface area (Å²) in [7, 11) is 2.00. The molecule has 0 aliphatic carbocycles. The van der Waals surface area contributed by atoms with Gasteiger partial charge in [0.05, 0.1) is 0 Å². The zero-order valence-electron chi connectivity index (χ0n) is 10.4. The zero-order valence-corrected chi connectivity index (χ0v) is 10.4. The fraction of sp³-hybridized carbons (Fsp3) is 0.571. The van der Waals surface area contributed by atoms with E-state index in [4.69, 9.17) is 0 Å². The Kier molecular flexibility index (Phi) is 3.83. The predicted molar refractivity (Wildman–Crippen MR) is 70.0 cm³/mol. The van der Waals surface area contributed by atoms with Crippen LogP contribution >= 0.6 is 0 Å². The molecule has 2 rings (SSSR count). The lowest BCUT2D eigenvalue weighted by Crippen LogP contribution is -2.29. The summed E-state index contributed by atoms with van der Waals surface area (Å²) in [5.74, 6) is 0. The molecule has 1 aromatic rings. The summed E-state index contributed by atoms with van der Waals surface area (Å²) in [6, 6.07) is 9.44. The van der Waals surface area contributed by atoms with Crippen LogP contribution in [0.25, 0.3) is 0 Å². The minimum absolute atomic E-state index is 0.440. The third-order valence-electron chi connectivity index (χ3n) is 3.55. The molecule has 88 valence electrons. The molecule has 0 saturated carbocycles. The Morgan fingerprint density at radius 3 is 2.25 bits per heavy atom. The second kappa shape index (κ2) is 5.35. The van der Waals surface area contributed by atoms with Crippen LogP contribution in [0, 0.1) is 0 Å². The van der Waals surface area contributed by atoms with Crippen molar-refractivity contribution in [2.75, 3.05) is 25.0 Å². The Labute approximate surface area is 98.7 Å². The fourth-order valence-electron chi connectivity index (χ4n) is 2.29. The molecule has 1 heterocycles. The van der Waals surface area contributed by atoms with Crippen LogP contribution in [0.2, 0.25) is 0 Å². The monoisotopic (exact) mass is 218 g/mol. The molecule has 16 heavy (non-hydrogen) atoms. The van der Waals surface area contributed by atoms with E-state index >= 15 is 0 Å². The Morgan fingerprint density at radius 1 is 1.06 bits per heavy atom. The summed E-state index contributed by atoms with van der Waals surface area (Å²) in [5.41, 5.74) is 2.75. The number of hydrogen-bond donors (Lipinski definition) is 1. The Morgan fingerprint density at radius 2 is 1.69 bits per heavy atom. The predicted octanol–water partition coefficient (Wildman–Crippen LogP) is 2.96. The lowest BCUT2D eigenvalue weighted by Gasteiger charge is -2.29. The standard InChI is InChI=1S/C14H22N2/c1-12(15-2)13-6-8-14(9-7-13)16-10-4-3-5-11-16/h6-9,12,15H,3-5,10-11H2,1-2H3. The van der Waals surface area contributed by atoms with Crippen molar-refractivity contribution >= 4 is 5.69 Å². The van der Waals surface area contributed by atoms with Gasteiger partial charge in [-0.15, -0.1) is 0 Å². The van der Waals surface area contributed by atoms with E-state index in [0.717, 1.165) is 0 Å². The molecular weight excluding hydrogens is 196 g/mol. The van der Waals surface area contributed by atoms with Crippen LogP contribution in [-0.4, -0.2) is 20.1 Å². The number of piperidine rings is 1. The average molecular weight is 218 g/mol. The summed E-state index contributed by atoms with van der Waals surface area (Å²) in [5, 5.41) is 3.27. The molecule has 0 amide bonds. The summed E-state index contributed by atoms with van der Waals surface area (Å²) >= 11 is 0. The maximum absolute atomic E-state index is 3.27. The molecule has 2 nitrogen and oxygen atoms in total. The summed E-state index contributed by atoms with van der Waals surface area (Å²) < 4.78 is 0. The second-order valence-corrected chi connectivity index (χ2v) is 4.65. The van der Waals surface area contributed by atoms with Crippen LogP contribution in [0.1, 0.15) is 37.8 Å². The van der Waals surface area contributed by atoms with E-state index in [0.29, 0.717) is 6.04 Å². The van der Waals surface area contributed by atoms with Crippen molar-refractivity contribution in [3.8, 4) is 0 Å². The van der Waals surface area contributed by atoms with Gasteiger partial charge in [0.15, 0.2) is 0 Å². The SMILES string of the molecule is CNC(C)c1ccc(N2CCCCC2)cc1. The molecule has 2 heteroatoms. The lowest BCUT2D eigenvalue weighted by atomic mass is 10.1. The summed E-state index contributed by atoms with van der Waals surface area (Å²) in [6.07, 6.45) is 4.08. The molecule has 1 N–H and O–H groups in total. The van der Waals surface area contributed by atoms with E-state index in [-0.39, 0.29) is 0 Å². The Bertz CT molecular complexity index is 312. The minimum atomic E-state index is 0.440. The first kappa shape index (κ1) is 11.5. The topological polar surface area (TPSA) is 15.3 Å². The number of nitrogens with one attached hydrogen (secondary N) is 1. The van der Waals surface area contributed by atoms with Gasteiger partial charge >= 0.3 is 0 Å². The van der Waals surface area contributed by atoms with Gasteiger partial charge in [0, 0.05) is 24.8 Å². The van der Waals surface area contributed by atoms with Gasteiger partial charge in [0.25, 0.3) is 0 Å². The smallest absolute Gasteiger partial charge is 0.0366 e. The first-order valence-corrected chi connectivity index (χ1v) is 6.33. The molecule has 0 aromatic heterocycles. The molecule has 0 bridgehead atoms. The lowest BCUT2D eigenvalue weighted by molar-refractivity contribution is 0.577. The van der Waals surface area contributed by atoms with Crippen LogP contribution in [0.5, 0.6) is 0 Å². The van der Waals surface area contributed by atoms with Crippen LogP contribution < -0.4 is 10.2 Å². The molecule has 0 spiro atoms. The van der Waals surface area contributed by atoms with Crippen molar-refractivity contribution in [2.45, 2.75) is 32.2 Å². The van der Waals surface area contributed by atoms with E-state index in [1.54, 1.807) is 0 Å². The van der Waals surface area contributed by atoms with Gasteiger partial charge in [0.2, 0.25) is 0 Å².